The van der Waals surface area contributed by atoms with Crippen LogP contribution in [0.2, 0.25) is 0 Å². The molecule has 0 atom stereocenters. The molecule has 9 heteroatoms. The van der Waals surface area contributed by atoms with E-state index in [2.05, 4.69) is 9.97 Å². The van der Waals surface area contributed by atoms with Gasteiger partial charge in [0.1, 0.15) is 5.82 Å². The van der Waals surface area contributed by atoms with Crippen LogP contribution < -0.4 is 5.14 Å². The fourth-order valence-corrected chi connectivity index (χ4v) is 4.62. The van der Waals surface area contributed by atoms with E-state index in [4.69, 9.17) is 5.14 Å². The number of nitrogens with one attached hydrogen (secondary N) is 1. The van der Waals surface area contributed by atoms with Gasteiger partial charge in [-0.3, -0.25) is 0 Å². The Bertz CT molecular complexity index is 1520. The summed E-state index contributed by atoms with van der Waals surface area (Å²) in [4.78, 5) is 8.05. The summed E-state index contributed by atoms with van der Waals surface area (Å²) in [6.45, 7) is 0. The Morgan fingerprint density at radius 1 is 0.903 bits per heavy atom. The predicted octanol–water partition coefficient (Wildman–Crippen LogP) is 3.45. The number of hydrogen-bond donors (Lipinski definition) is 2. The van der Waals surface area contributed by atoms with Crippen LogP contribution in [0, 0.1) is 0 Å². The summed E-state index contributed by atoms with van der Waals surface area (Å²) in [6, 6.07) is 18.5. The third-order valence-electron chi connectivity index (χ3n) is 4.75. The van der Waals surface area contributed by atoms with Crippen molar-refractivity contribution in [2.24, 2.45) is 5.14 Å². The number of nitrogens with zero attached hydrogens (tertiary/aromatic N) is 1. The molecule has 3 aromatic carbocycles. The molecule has 0 amide bonds. The number of fused-ring (bicyclic) bond motifs is 1. The van der Waals surface area contributed by atoms with Crippen LogP contribution >= 0.6 is 0 Å². The molecule has 0 unspecified atom stereocenters. The number of sulfonamides is 1. The Hall–Kier alpha value is -3.27. The molecular weight excluding hydrogens is 434 g/mol. The second kappa shape index (κ2) is 7.77. The Kier molecular flexibility index (Phi) is 5.26. The summed E-state index contributed by atoms with van der Waals surface area (Å²) in [6.07, 6.45) is 4.77. The summed E-state index contributed by atoms with van der Waals surface area (Å²) in [5.41, 5.74) is 3.50. The van der Waals surface area contributed by atoms with Gasteiger partial charge in [0, 0.05) is 11.8 Å². The number of rotatable bonds is 5. The van der Waals surface area contributed by atoms with Crippen molar-refractivity contribution >= 4 is 43.0 Å². The summed E-state index contributed by atoms with van der Waals surface area (Å²) >= 11 is 0. The SMILES string of the molecule is CS(=O)(=O)c1ccc(C=Cc2nc3cc(-c4ccccc4S(N)(=O)=O)ccc3[nH]2)cc1. The first kappa shape index (κ1) is 21.0. The second-order valence-corrected chi connectivity index (χ2v) is 10.6. The number of aromatic amines is 1. The van der Waals surface area contributed by atoms with E-state index >= 15 is 0 Å². The van der Waals surface area contributed by atoms with Gasteiger partial charge in [-0.2, -0.15) is 0 Å². The molecule has 4 aromatic rings. The van der Waals surface area contributed by atoms with E-state index < -0.39 is 19.9 Å². The van der Waals surface area contributed by atoms with E-state index in [-0.39, 0.29) is 9.79 Å². The van der Waals surface area contributed by atoms with Crippen molar-refractivity contribution in [1.82, 2.24) is 9.97 Å². The zero-order valence-electron chi connectivity index (χ0n) is 16.5. The lowest BCUT2D eigenvalue weighted by molar-refractivity contribution is 0.597. The molecule has 0 radical (unpaired) electrons. The quantitative estimate of drug-likeness (QED) is 0.479. The highest BCUT2D eigenvalue weighted by Crippen LogP contribution is 2.29. The van der Waals surface area contributed by atoms with Crippen molar-refractivity contribution < 1.29 is 16.8 Å². The molecule has 4 rings (SSSR count). The highest BCUT2D eigenvalue weighted by Gasteiger charge is 2.15. The van der Waals surface area contributed by atoms with Gasteiger partial charge in [-0.05, 0) is 47.5 Å². The summed E-state index contributed by atoms with van der Waals surface area (Å²) in [7, 11) is -7.09. The molecule has 0 saturated carbocycles. The Morgan fingerprint density at radius 3 is 2.29 bits per heavy atom. The number of benzene rings is 3. The van der Waals surface area contributed by atoms with Crippen molar-refractivity contribution in [3.63, 3.8) is 0 Å². The maximum Gasteiger partial charge on any atom is 0.238 e. The van der Waals surface area contributed by atoms with Crippen LogP contribution in [0.3, 0.4) is 0 Å². The van der Waals surface area contributed by atoms with Crippen molar-refractivity contribution in [2.75, 3.05) is 6.26 Å². The molecule has 0 aliphatic heterocycles. The number of aromatic nitrogens is 2. The van der Waals surface area contributed by atoms with E-state index in [9.17, 15) is 16.8 Å². The Morgan fingerprint density at radius 2 is 1.61 bits per heavy atom. The number of nitrogens with two attached hydrogens (primary N) is 1. The van der Waals surface area contributed by atoms with Crippen LogP contribution in [-0.2, 0) is 19.9 Å². The van der Waals surface area contributed by atoms with Gasteiger partial charge in [0.05, 0.1) is 20.8 Å². The Balaban J connectivity index is 1.65. The first-order chi connectivity index (χ1) is 14.6. The molecule has 0 saturated heterocycles. The van der Waals surface area contributed by atoms with Crippen molar-refractivity contribution in [3.8, 4) is 11.1 Å². The van der Waals surface area contributed by atoms with Crippen molar-refractivity contribution in [1.29, 1.82) is 0 Å². The normalized spacial score (nSPS) is 12.6. The fraction of sp³-hybridized carbons (Fsp3) is 0.0455. The number of imidazole rings is 1. The van der Waals surface area contributed by atoms with Crippen LogP contribution in [-0.4, -0.2) is 33.1 Å². The van der Waals surface area contributed by atoms with E-state index in [0.29, 0.717) is 22.5 Å². The van der Waals surface area contributed by atoms with Gasteiger partial charge in [-0.25, -0.2) is 27.0 Å². The minimum absolute atomic E-state index is 0.0579. The molecule has 0 bridgehead atoms. The predicted molar refractivity (Wildman–Crippen MR) is 121 cm³/mol. The van der Waals surface area contributed by atoms with Crippen LogP contribution in [0.5, 0.6) is 0 Å². The fourth-order valence-electron chi connectivity index (χ4n) is 3.23. The van der Waals surface area contributed by atoms with Gasteiger partial charge in [0.2, 0.25) is 10.0 Å². The maximum atomic E-state index is 11.9. The zero-order chi connectivity index (χ0) is 22.2. The summed E-state index contributed by atoms with van der Waals surface area (Å²) in [5, 5.41) is 5.35. The molecular formula is C22H19N3O4S2. The average molecular weight is 454 g/mol. The number of hydrogen-bond acceptors (Lipinski definition) is 5. The molecule has 0 aliphatic carbocycles. The number of sulfone groups is 1. The highest BCUT2D eigenvalue weighted by molar-refractivity contribution is 7.90. The monoisotopic (exact) mass is 453 g/mol. The van der Waals surface area contributed by atoms with Crippen LogP contribution in [0.15, 0.2) is 76.5 Å². The van der Waals surface area contributed by atoms with Gasteiger partial charge >= 0.3 is 0 Å². The van der Waals surface area contributed by atoms with Gasteiger partial charge in [0.25, 0.3) is 0 Å². The molecule has 0 aliphatic rings. The van der Waals surface area contributed by atoms with E-state index in [0.717, 1.165) is 11.1 Å². The van der Waals surface area contributed by atoms with Crippen LogP contribution in [0.1, 0.15) is 11.4 Å². The molecule has 3 N–H and O–H groups in total. The van der Waals surface area contributed by atoms with E-state index in [1.807, 2.05) is 18.2 Å². The first-order valence-electron chi connectivity index (χ1n) is 9.21. The van der Waals surface area contributed by atoms with Gasteiger partial charge in [-0.15, -0.1) is 0 Å². The molecule has 31 heavy (non-hydrogen) atoms. The van der Waals surface area contributed by atoms with E-state index in [1.165, 1.54) is 12.3 Å². The first-order valence-corrected chi connectivity index (χ1v) is 12.7. The zero-order valence-corrected chi connectivity index (χ0v) is 18.1. The molecule has 7 nitrogen and oxygen atoms in total. The third-order valence-corrected chi connectivity index (χ3v) is 6.85. The smallest absolute Gasteiger partial charge is 0.238 e. The Labute approximate surface area is 180 Å². The lowest BCUT2D eigenvalue weighted by Crippen LogP contribution is -2.13. The minimum Gasteiger partial charge on any atom is -0.338 e. The minimum atomic E-state index is -3.86. The molecule has 0 fully saturated rings. The van der Waals surface area contributed by atoms with Crippen LogP contribution in [0.4, 0.5) is 0 Å². The lowest BCUT2D eigenvalue weighted by Gasteiger charge is -2.07. The number of H-pyrrole nitrogens is 1. The largest absolute Gasteiger partial charge is 0.338 e. The van der Waals surface area contributed by atoms with Gasteiger partial charge in [-0.1, -0.05) is 42.5 Å². The maximum absolute atomic E-state index is 11.9. The third kappa shape index (κ3) is 4.58. The van der Waals surface area contributed by atoms with Crippen molar-refractivity contribution in [2.45, 2.75) is 9.79 Å². The number of primary sulfonamides is 1. The van der Waals surface area contributed by atoms with E-state index in [1.54, 1.807) is 54.6 Å². The lowest BCUT2D eigenvalue weighted by atomic mass is 10.1. The molecule has 1 aromatic heterocycles. The van der Waals surface area contributed by atoms with Gasteiger partial charge < -0.3 is 4.98 Å². The molecule has 0 spiro atoms. The second-order valence-electron chi connectivity index (χ2n) is 7.07. The molecule has 1 heterocycles. The molecule has 158 valence electrons. The van der Waals surface area contributed by atoms with Gasteiger partial charge in [0.15, 0.2) is 9.84 Å². The summed E-state index contributed by atoms with van der Waals surface area (Å²) in [5.74, 6) is 0.610. The van der Waals surface area contributed by atoms with Crippen molar-refractivity contribution in [3.05, 3.63) is 78.1 Å². The average Bonchev–Trinajstić information content (AvgIpc) is 3.13. The standard InChI is InChI=1S/C22H19N3O4S2/c1-30(26,27)17-10-6-15(7-11-17)8-13-22-24-19-12-9-16(14-20(19)25-22)18-4-2-3-5-21(18)31(23,28)29/h2-14H,1H3,(H,24,25)(H2,23,28,29). The topological polar surface area (TPSA) is 123 Å². The van der Waals surface area contributed by atoms with Crippen LogP contribution in [0.25, 0.3) is 34.3 Å². The highest BCUT2D eigenvalue weighted by atomic mass is 32.2. The summed E-state index contributed by atoms with van der Waals surface area (Å²) < 4.78 is 46.9.